The zero-order valence-electron chi connectivity index (χ0n) is 9.01. The molecule has 1 rings (SSSR count). The summed E-state index contributed by atoms with van der Waals surface area (Å²) in [5.41, 5.74) is 1.92. The molecule has 0 heteroatoms. The van der Waals surface area contributed by atoms with Crippen molar-refractivity contribution >= 4 is 0 Å². The molecule has 0 atom stereocenters. The molecule has 1 aromatic carbocycles. The largest absolute Gasteiger partial charge is 0.0645 e. The summed E-state index contributed by atoms with van der Waals surface area (Å²) in [5, 5.41) is 0. The van der Waals surface area contributed by atoms with E-state index in [4.69, 9.17) is 0 Å². The highest BCUT2D eigenvalue weighted by Gasteiger charge is 2.25. The molecule has 0 aliphatic carbocycles. The first kappa shape index (κ1) is 10.3. The quantitative estimate of drug-likeness (QED) is 0.646. The highest BCUT2D eigenvalue weighted by Crippen LogP contribution is 2.34. The Morgan fingerprint density at radius 2 is 1.31 bits per heavy atom. The van der Waals surface area contributed by atoms with Gasteiger partial charge in [0.25, 0.3) is 0 Å². The molecule has 1 aromatic rings. The van der Waals surface area contributed by atoms with Crippen LogP contribution in [0.4, 0.5) is 0 Å². The normalized spacial score (nSPS) is 11.6. The van der Waals surface area contributed by atoms with E-state index in [2.05, 4.69) is 51.1 Å². The van der Waals surface area contributed by atoms with E-state index >= 15 is 0 Å². The molecule has 0 radical (unpaired) electrons. The van der Waals surface area contributed by atoms with Crippen LogP contribution in [0.15, 0.2) is 30.3 Å². The van der Waals surface area contributed by atoms with Gasteiger partial charge in [-0.2, -0.15) is 0 Å². The second-order valence-corrected chi connectivity index (χ2v) is 3.71. The zero-order chi connectivity index (χ0) is 9.73. The second kappa shape index (κ2) is 4.45. The van der Waals surface area contributed by atoms with Gasteiger partial charge in [-0.15, -0.1) is 0 Å². The fourth-order valence-corrected chi connectivity index (χ4v) is 2.15. The van der Waals surface area contributed by atoms with Crippen molar-refractivity contribution in [2.45, 2.75) is 45.4 Å². The summed E-state index contributed by atoms with van der Waals surface area (Å²) < 4.78 is 0. The Hall–Kier alpha value is -0.780. The predicted molar refractivity (Wildman–Crippen MR) is 59.0 cm³/mol. The summed E-state index contributed by atoms with van der Waals surface area (Å²) in [6.07, 6.45) is 3.72. The molecule has 0 N–H and O–H groups in total. The molecular formula is C13H20. The molecule has 0 bridgehead atoms. The van der Waals surface area contributed by atoms with Gasteiger partial charge < -0.3 is 0 Å². The molecule has 0 saturated carbocycles. The third-order valence-corrected chi connectivity index (χ3v) is 3.42. The monoisotopic (exact) mass is 176 g/mol. The number of benzene rings is 1. The molecule has 0 heterocycles. The lowest BCUT2D eigenvalue weighted by molar-refractivity contribution is 0.382. The molecule has 0 aliphatic rings. The summed E-state index contributed by atoms with van der Waals surface area (Å²) in [6.45, 7) is 6.88. The van der Waals surface area contributed by atoms with Crippen LogP contribution in [0.2, 0.25) is 0 Å². The van der Waals surface area contributed by atoms with Gasteiger partial charge in [0.1, 0.15) is 0 Å². The van der Waals surface area contributed by atoms with Crippen molar-refractivity contribution in [3.8, 4) is 0 Å². The molecular weight excluding hydrogens is 156 g/mol. The lowest BCUT2D eigenvalue weighted by atomic mass is 9.74. The maximum Gasteiger partial charge on any atom is -0.00548 e. The van der Waals surface area contributed by atoms with Crippen LogP contribution in [0.5, 0.6) is 0 Å². The Labute approximate surface area is 82.0 Å². The van der Waals surface area contributed by atoms with Crippen molar-refractivity contribution in [3.05, 3.63) is 35.9 Å². The highest BCUT2D eigenvalue weighted by molar-refractivity contribution is 5.24. The number of hydrogen-bond donors (Lipinski definition) is 0. The molecule has 0 amide bonds. The van der Waals surface area contributed by atoms with Gasteiger partial charge >= 0.3 is 0 Å². The van der Waals surface area contributed by atoms with E-state index < -0.39 is 0 Å². The van der Waals surface area contributed by atoms with Gasteiger partial charge in [-0.25, -0.2) is 0 Å². The molecule has 0 unspecified atom stereocenters. The van der Waals surface area contributed by atoms with E-state index in [0.717, 1.165) is 0 Å². The topological polar surface area (TPSA) is 0 Å². The molecule has 0 fully saturated rings. The smallest absolute Gasteiger partial charge is 0.00548 e. The standard InChI is InChI=1S/C13H20/c1-4-13(5-2,6-3)12-10-8-7-9-11-12/h7-11H,4-6H2,1-3H3. The van der Waals surface area contributed by atoms with Crippen LogP contribution in [-0.2, 0) is 5.41 Å². The van der Waals surface area contributed by atoms with Crippen molar-refractivity contribution < 1.29 is 0 Å². The van der Waals surface area contributed by atoms with E-state index in [-0.39, 0.29) is 0 Å². The van der Waals surface area contributed by atoms with Gasteiger partial charge in [-0.3, -0.25) is 0 Å². The third-order valence-electron chi connectivity index (χ3n) is 3.42. The van der Waals surface area contributed by atoms with Crippen molar-refractivity contribution in [1.29, 1.82) is 0 Å². The summed E-state index contributed by atoms with van der Waals surface area (Å²) in [4.78, 5) is 0. The second-order valence-electron chi connectivity index (χ2n) is 3.71. The third kappa shape index (κ3) is 1.93. The molecule has 72 valence electrons. The summed E-state index contributed by atoms with van der Waals surface area (Å²) in [7, 11) is 0. The molecule has 0 spiro atoms. The lowest BCUT2D eigenvalue weighted by Gasteiger charge is -2.31. The van der Waals surface area contributed by atoms with Gasteiger partial charge in [0.05, 0.1) is 0 Å². The molecule has 0 nitrogen and oxygen atoms in total. The van der Waals surface area contributed by atoms with Crippen LogP contribution in [0.25, 0.3) is 0 Å². The average Bonchev–Trinajstić information content (AvgIpc) is 2.23. The van der Waals surface area contributed by atoms with Crippen molar-refractivity contribution in [2.24, 2.45) is 0 Å². The average molecular weight is 176 g/mol. The van der Waals surface area contributed by atoms with E-state index in [1.165, 1.54) is 24.8 Å². The van der Waals surface area contributed by atoms with Gasteiger partial charge in [0.2, 0.25) is 0 Å². The minimum atomic E-state index is 0.418. The van der Waals surface area contributed by atoms with Gasteiger partial charge in [-0.05, 0) is 30.2 Å². The first-order valence-corrected chi connectivity index (χ1v) is 5.34. The van der Waals surface area contributed by atoms with E-state index in [1.807, 2.05) is 0 Å². The van der Waals surface area contributed by atoms with Gasteiger partial charge in [0.15, 0.2) is 0 Å². The van der Waals surface area contributed by atoms with Gasteiger partial charge in [0, 0.05) is 0 Å². The fourth-order valence-electron chi connectivity index (χ4n) is 2.15. The van der Waals surface area contributed by atoms with Crippen LogP contribution in [0.1, 0.15) is 45.6 Å². The maximum absolute atomic E-state index is 2.29. The Kier molecular flexibility index (Phi) is 3.53. The minimum Gasteiger partial charge on any atom is -0.0645 e. The minimum absolute atomic E-state index is 0.418. The van der Waals surface area contributed by atoms with E-state index in [0.29, 0.717) is 5.41 Å². The van der Waals surface area contributed by atoms with E-state index in [9.17, 15) is 0 Å². The first-order valence-electron chi connectivity index (χ1n) is 5.34. The SMILES string of the molecule is CCC(CC)(CC)c1ccccc1. The highest BCUT2D eigenvalue weighted by atomic mass is 14.3. The Bertz CT molecular complexity index is 223. The van der Waals surface area contributed by atoms with Crippen LogP contribution in [-0.4, -0.2) is 0 Å². The first-order chi connectivity index (χ1) is 6.29. The molecule has 13 heavy (non-hydrogen) atoms. The fraction of sp³-hybridized carbons (Fsp3) is 0.538. The lowest BCUT2D eigenvalue weighted by Crippen LogP contribution is -2.22. The Balaban J connectivity index is 3.01. The summed E-state index contributed by atoms with van der Waals surface area (Å²) in [6, 6.07) is 10.9. The van der Waals surface area contributed by atoms with Crippen LogP contribution in [0, 0.1) is 0 Å². The molecule has 0 saturated heterocycles. The Morgan fingerprint density at radius 1 is 0.846 bits per heavy atom. The molecule has 0 aromatic heterocycles. The van der Waals surface area contributed by atoms with Crippen molar-refractivity contribution in [1.82, 2.24) is 0 Å². The van der Waals surface area contributed by atoms with Crippen molar-refractivity contribution in [2.75, 3.05) is 0 Å². The molecule has 0 aliphatic heterocycles. The van der Waals surface area contributed by atoms with E-state index in [1.54, 1.807) is 0 Å². The van der Waals surface area contributed by atoms with Crippen LogP contribution >= 0.6 is 0 Å². The van der Waals surface area contributed by atoms with Gasteiger partial charge in [-0.1, -0.05) is 51.1 Å². The number of hydrogen-bond acceptors (Lipinski definition) is 0. The van der Waals surface area contributed by atoms with Crippen LogP contribution in [0.3, 0.4) is 0 Å². The summed E-state index contributed by atoms with van der Waals surface area (Å²) >= 11 is 0. The van der Waals surface area contributed by atoms with Crippen molar-refractivity contribution in [3.63, 3.8) is 0 Å². The van der Waals surface area contributed by atoms with Crippen LogP contribution < -0.4 is 0 Å². The number of rotatable bonds is 4. The maximum atomic E-state index is 2.29. The zero-order valence-corrected chi connectivity index (χ0v) is 9.01. The Morgan fingerprint density at radius 3 is 1.69 bits per heavy atom. The predicted octanol–water partition coefficient (Wildman–Crippen LogP) is 4.15. The summed E-state index contributed by atoms with van der Waals surface area (Å²) in [5.74, 6) is 0.